The molecule has 0 bridgehead atoms. The highest BCUT2D eigenvalue weighted by molar-refractivity contribution is 7.89. The van der Waals surface area contributed by atoms with Crippen LogP contribution in [0.1, 0.15) is 66.5 Å². The van der Waals surface area contributed by atoms with Gasteiger partial charge in [-0.15, -0.1) is 0 Å². The Labute approximate surface area is 222 Å². The van der Waals surface area contributed by atoms with Crippen LogP contribution in [-0.2, 0) is 14.8 Å². The molecule has 0 radical (unpaired) electrons. The molecule has 1 aromatic heterocycles. The summed E-state index contributed by atoms with van der Waals surface area (Å²) >= 11 is 1.03. The molecule has 0 fully saturated rings. The molecule has 2 aromatic carbocycles. The summed E-state index contributed by atoms with van der Waals surface area (Å²) in [5.74, 6) is -0.967. The minimum Gasteiger partial charge on any atom is -0.462 e. The molecule has 0 aliphatic carbocycles. The predicted molar refractivity (Wildman–Crippen MR) is 146 cm³/mol. The van der Waals surface area contributed by atoms with Gasteiger partial charge in [0.05, 0.1) is 17.2 Å². The Hall–Kier alpha value is -3.08. The van der Waals surface area contributed by atoms with E-state index < -0.39 is 21.9 Å². The van der Waals surface area contributed by atoms with Crippen LogP contribution in [0.2, 0.25) is 0 Å². The van der Waals surface area contributed by atoms with Crippen molar-refractivity contribution in [2.24, 2.45) is 0 Å². The molecule has 10 heteroatoms. The van der Waals surface area contributed by atoms with Crippen LogP contribution >= 0.6 is 11.3 Å². The van der Waals surface area contributed by atoms with Crippen molar-refractivity contribution in [3.8, 4) is 11.3 Å². The summed E-state index contributed by atoms with van der Waals surface area (Å²) in [5, 5.41) is 2.97. The van der Waals surface area contributed by atoms with Crippen molar-refractivity contribution < 1.29 is 22.7 Å². The van der Waals surface area contributed by atoms with E-state index in [4.69, 9.17) is 4.74 Å². The molecular weight excluding hydrogens is 510 g/mol. The monoisotopic (exact) mass is 543 g/mol. The van der Waals surface area contributed by atoms with E-state index in [1.807, 2.05) is 44.2 Å². The molecule has 0 spiro atoms. The van der Waals surface area contributed by atoms with Crippen molar-refractivity contribution >= 4 is 38.4 Å². The zero-order valence-corrected chi connectivity index (χ0v) is 23.0. The Bertz CT molecular complexity index is 1280. The van der Waals surface area contributed by atoms with Gasteiger partial charge in [-0.05, 0) is 44.0 Å². The third-order valence-corrected chi connectivity index (χ3v) is 8.50. The van der Waals surface area contributed by atoms with Crippen molar-refractivity contribution in [2.45, 2.75) is 51.3 Å². The number of rotatable bonds is 13. The molecule has 37 heavy (non-hydrogen) atoms. The molecule has 1 heterocycles. The Balaban J connectivity index is 1.81. The highest BCUT2D eigenvalue weighted by Gasteiger charge is 2.25. The van der Waals surface area contributed by atoms with Gasteiger partial charge in [0.1, 0.15) is 4.88 Å². The van der Waals surface area contributed by atoms with Gasteiger partial charge in [0.25, 0.3) is 5.91 Å². The van der Waals surface area contributed by atoms with Gasteiger partial charge in [0, 0.05) is 24.2 Å². The van der Waals surface area contributed by atoms with Gasteiger partial charge in [-0.25, -0.2) is 18.2 Å². The fraction of sp³-hybridized carbons (Fsp3) is 0.370. The van der Waals surface area contributed by atoms with E-state index in [1.54, 1.807) is 6.92 Å². The molecular formula is C27H33N3O5S2. The number of carbonyl (C=O) groups is 2. The second-order valence-electron chi connectivity index (χ2n) is 8.37. The number of nitrogens with one attached hydrogen (secondary N) is 1. The number of unbranched alkanes of at least 4 members (excludes halogenated alkanes) is 2. The number of hydrogen-bond acceptors (Lipinski definition) is 7. The maximum absolute atomic E-state index is 13.2. The Kier molecular flexibility index (Phi) is 10.4. The second-order valence-corrected chi connectivity index (χ2v) is 11.3. The molecule has 3 aromatic rings. The third kappa shape index (κ3) is 7.24. The van der Waals surface area contributed by atoms with E-state index in [-0.39, 0.29) is 22.2 Å². The van der Waals surface area contributed by atoms with Gasteiger partial charge in [-0.2, -0.15) is 4.31 Å². The van der Waals surface area contributed by atoms with Crippen LogP contribution in [0.5, 0.6) is 0 Å². The van der Waals surface area contributed by atoms with Crippen LogP contribution in [0, 0.1) is 0 Å². The lowest BCUT2D eigenvalue weighted by Crippen LogP contribution is -2.33. The van der Waals surface area contributed by atoms with E-state index in [9.17, 15) is 18.0 Å². The molecule has 0 unspecified atom stereocenters. The number of hydrogen-bond donors (Lipinski definition) is 1. The smallest absolute Gasteiger partial charge is 0.350 e. The standard InChI is InChI=1S/C27H33N3O5S2/c1-4-7-18-30(19-8-5-2)37(33,34)22-16-14-21(15-17-22)25(31)29-27-28-23(20-12-10-9-11-13-20)24(36-27)26(32)35-6-3/h9-17H,4-8,18-19H2,1-3H3,(H,28,29,31). The molecule has 0 aliphatic rings. The number of esters is 1. The van der Waals surface area contributed by atoms with Gasteiger partial charge in [-0.3, -0.25) is 10.1 Å². The summed E-state index contributed by atoms with van der Waals surface area (Å²) in [4.78, 5) is 30.3. The fourth-order valence-corrected chi connectivity index (χ4v) is 6.01. The first kappa shape index (κ1) is 28.5. The number of ether oxygens (including phenoxy) is 1. The zero-order chi connectivity index (χ0) is 26.8. The molecule has 0 aliphatic heterocycles. The van der Waals surface area contributed by atoms with Gasteiger partial charge >= 0.3 is 5.97 Å². The average Bonchev–Trinajstić information content (AvgIpc) is 3.33. The lowest BCUT2D eigenvalue weighted by Gasteiger charge is -2.22. The Morgan fingerprint density at radius 2 is 1.57 bits per heavy atom. The van der Waals surface area contributed by atoms with Crippen LogP contribution in [-0.4, -0.2) is 49.3 Å². The average molecular weight is 544 g/mol. The fourth-order valence-electron chi connectivity index (χ4n) is 3.62. The molecule has 0 atom stereocenters. The summed E-state index contributed by atoms with van der Waals surface area (Å²) in [6, 6.07) is 15.1. The maximum atomic E-state index is 13.2. The number of carbonyl (C=O) groups excluding carboxylic acids is 2. The van der Waals surface area contributed by atoms with E-state index in [0.717, 1.165) is 42.6 Å². The lowest BCUT2D eigenvalue weighted by molar-refractivity contribution is 0.0532. The number of thiazole rings is 1. The van der Waals surface area contributed by atoms with E-state index in [0.29, 0.717) is 23.7 Å². The minimum absolute atomic E-state index is 0.154. The highest BCUT2D eigenvalue weighted by atomic mass is 32.2. The summed E-state index contributed by atoms with van der Waals surface area (Å²) in [6.07, 6.45) is 3.38. The summed E-state index contributed by atoms with van der Waals surface area (Å²) in [5.41, 5.74) is 1.44. The zero-order valence-electron chi connectivity index (χ0n) is 21.4. The van der Waals surface area contributed by atoms with Gasteiger partial charge in [-0.1, -0.05) is 68.4 Å². The van der Waals surface area contributed by atoms with Gasteiger partial charge in [0.15, 0.2) is 5.13 Å². The molecule has 0 saturated carbocycles. The van der Waals surface area contributed by atoms with Crippen molar-refractivity contribution in [1.82, 2.24) is 9.29 Å². The Morgan fingerprint density at radius 3 is 2.14 bits per heavy atom. The highest BCUT2D eigenvalue weighted by Crippen LogP contribution is 2.32. The predicted octanol–water partition coefficient (Wildman–Crippen LogP) is 5.83. The molecule has 198 valence electrons. The Morgan fingerprint density at radius 1 is 0.946 bits per heavy atom. The first-order valence-electron chi connectivity index (χ1n) is 12.5. The number of nitrogens with zero attached hydrogens (tertiary/aromatic N) is 2. The topological polar surface area (TPSA) is 106 Å². The first-order valence-corrected chi connectivity index (χ1v) is 14.7. The maximum Gasteiger partial charge on any atom is 0.350 e. The van der Waals surface area contributed by atoms with Crippen LogP contribution in [0.15, 0.2) is 59.5 Å². The molecule has 1 N–H and O–H groups in total. The minimum atomic E-state index is -3.65. The third-order valence-electron chi connectivity index (χ3n) is 5.63. The number of amides is 1. The largest absolute Gasteiger partial charge is 0.462 e. The normalized spacial score (nSPS) is 11.5. The summed E-state index contributed by atoms with van der Waals surface area (Å²) < 4.78 is 33.0. The van der Waals surface area contributed by atoms with Crippen LogP contribution in [0.25, 0.3) is 11.3 Å². The van der Waals surface area contributed by atoms with Crippen molar-refractivity contribution in [3.05, 3.63) is 65.0 Å². The van der Waals surface area contributed by atoms with E-state index >= 15 is 0 Å². The van der Waals surface area contributed by atoms with Crippen LogP contribution in [0.4, 0.5) is 5.13 Å². The number of benzene rings is 2. The van der Waals surface area contributed by atoms with Crippen LogP contribution in [0.3, 0.4) is 0 Å². The quantitative estimate of drug-likeness (QED) is 0.272. The van der Waals surface area contributed by atoms with Crippen molar-refractivity contribution in [3.63, 3.8) is 0 Å². The van der Waals surface area contributed by atoms with E-state index in [2.05, 4.69) is 10.3 Å². The molecule has 8 nitrogen and oxygen atoms in total. The van der Waals surface area contributed by atoms with E-state index in [1.165, 1.54) is 28.6 Å². The number of aromatic nitrogens is 1. The van der Waals surface area contributed by atoms with Gasteiger partial charge in [0.2, 0.25) is 10.0 Å². The molecule has 1 amide bonds. The molecule has 0 saturated heterocycles. The first-order chi connectivity index (χ1) is 17.8. The molecule has 3 rings (SSSR count). The number of sulfonamides is 1. The SMILES string of the molecule is CCCCN(CCCC)S(=O)(=O)c1ccc(C(=O)Nc2nc(-c3ccccc3)c(C(=O)OCC)s2)cc1. The summed E-state index contributed by atoms with van der Waals surface area (Å²) in [7, 11) is -3.65. The summed E-state index contributed by atoms with van der Waals surface area (Å²) in [6.45, 7) is 6.93. The van der Waals surface area contributed by atoms with Gasteiger partial charge < -0.3 is 4.74 Å². The number of anilines is 1. The van der Waals surface area contributed by atoms with Crippen LogP contribution < -0.4 is 5.32 Å². The van der Waals surface area contributed by atoms with Crippen molar-refractivity contribution in [1.29, 1.82) is 0 Å². The lowest BCUT2D eigenvalue weighted by atomic mass is 10.1. The second kappa shape index (κ2) is 13.5. The van der Waals surface area contributed by atoms with Crippen molar-refractivity contribution in [2.75, 3.05) is 25.0 Å².